The van der Waals surface area contributed by atoms with Crippen molar-refractivity contribution < 1.29 is 23.9 Å². The predicted octanol–water partition coefficient (Wildman–Crippen LogP) is 4.02. The van der Waals surface area contributed by atoms with Crippen molar-refractivity contribution in [2.45, 2.75) is 40.0 Å². The van der Waals surface area contributed by atoms with Crippen LogP contribution in [0.1, 0.15) is 47.7 Å². The number of rotatable bonds is 5. The summed E-state index contributed by atoms with van der Waals surface area (Å²) < 4.78 is 5.17. The van der Waals surface area contributed by atoms with Crippen LogP contribution in [0.15, 0.2) is 42.5 Å². The molecule has 1 heterocycles. The Morgan fingerprint density at radius 3 is 2.55 bits per heavy atom. The van der Waals surface area contributed by atoms with Gasteiger partial charge in [-0.3, -0.25) is 19.3 Å². The molecular formula is C26H28N2O5. The Labute approximate surface area is 193 Å². The van der Waals surface area contributed by atoms with Gasteiger partial charge in [-0.1, -0.05) is 25.1 Å². The zero-order valence-electron chi connectivity index (χ0n) is 19.1. The van der Waals surface area contributed by atoms with Crippen molar-refractivity contribution in [3.8, 4) is 0 Å². The van der Waals surface area contributed by atoms with Crippen LogP contribution >= 0.6 is 0 Å². The van der Waals surface area contributed by atoms with Crippen LogP contribution in [0.3, 0.4) is 0 Å². The summed E-state index contributed by atoms with van der Waals surface area (Å²) in [5, 5.41) is 2.74. The van der Waals surface area contributed by atoms with Gasteiger partial charge >= 0.3 is 5.97 Å². The van der Waals surface area contributed by atoms with E-state index in [1.54, 1.807) is 18.2 Å². The van der Waals surface area contributed by atoms with Crippen molar-refractivity contribution in [2.75, 3.05) is 16.8 Å². The van der Waals surface area contributed by atoms with Crippen LogP contribution in [-0.2, 0) is 19.1 Å². The number of nitrogens with one attached hydrogen (secondary N) is 1. The van der Waals surface area contributed by atoms with E-state index < -0.39 is 18.5 Å². The highest BCUT2D eigenvalue weighted by Crippen LogP contribution is 2.42. The molecule has 7 heteroatoms. The molecule has 2 aromatic rings. The van der Waals surface area contributed by atoms with Gasteiger partial charge in [0.2, 0.25) is 11.8 Å². The number of ether oxygens (including phenoxy) is 1. The molecule has 172 valence electrons. The molecule has 1 N–H and O–H groups in total. The largest absolute Gasteiger partial charge is 0.452 e. The zero-order chi connectivity index (χ0) is 23.7. The lowest BCUT2D eigenvalue weighted by molar-refractivity contribution is -0.122. The molecule has 0 spiro atoms. The van der Waals surface area contributed by atoms with Gasteiger partial charge in [-0.15, -0.1) is 0 Å². The molecule has 0 bridgehead atoms. The maximum Gasteiger partial charge on any atom is 0.338 e. The average molecular weight is 449 g/mol. The quantitative estimate of drug-likeness (QED) is 0.551. The SMILES string of the molecule is Cc1cccc(NC(=O)COC(=O)c2cccc(N3C(=O)[C@@H]4CC[C@H](C)C[C@H]4C3=O)c2)c1C. The minimum atomic E-state index is -0.696. The summed E-state index contributed by atoms with van der Waals surface area (Å²) in [6.07, 6.45) is 2.36. The first kappa shape index (κ1) is 22.7. The van der Waals surface area contributed by atoms with E-state index >= 15 is 0 Å². The van der Waals surface area contributed by atoms with Gasteiger partial charge in [-0.2, -0.15) is 0 Å². The number of carbonyl (C=O) groups excluding carboxylic acids is 4. The Bertz CT molecular complexity index is 1130. The average Bonchev–Trinajstić information content (AvgIpc) is 3.04. The van der Waals surface area contributed by atoms with E-state index in [9.17, 15) is 19.2 Å². The minimum absolute atomic E-state index is 0.177. The number of aryl methyl sites for hydroxylation is 1. The molecule has 7 nitrogen and oxygen atoms in total. The summed E-state index contributed by atoms with van der Waals surface area (Å²) in [7, 11) is 0. The van der Waals surface area contributed by atoms with Crippen molar-refractivity contribution in [3.63, 3.8) is 0 Å². The zero-order valence-corrected chi connectivity index (χ0v) is 19.1. The maximum absolute atomic E-state index is 13.0. The Hall–Kier alpha value is -3.48. The highest BCUT2D eigenvalue weighted by Gasteiger charge is 2.50. The Morgan fingerprint density at radius 2 is 1.76 bits per heavy atom. The maximum atomic E-state index is 13.0. The van der Waals surface area contributed by atoms with E-state index in [0.717, 1.165) is 17.5 Å². The summed E-state index contributed by atoms with van der Waals surface area (Å²) in [6, 6.07) is 11.8. The fraction of sp³-hybridized carbons (Fsp3) is 0.385. The van der Waals surface area contributed by atoms with Crippen LogP contribution in [-0.4, -0.2) is 30.3 Å². The summed E-state index contributed by atoms with van der Waals surface area (Å²) in [6.45, 7) is 5.51. The molecule has 3 atom stereocenters. The Kier molecular flexibility index (Phi) is 6.31. The number of fused-ring (bicyclic) bond motifs is 1. The molecule has 1 aliphatic heterocycles. The predicted molar refractivity (Wildman–Crippen MR) is 124 cm³/mol. The van der Waals surface area contributed by atoms with Crippen molar-refractivity contribution >= 4 is 35.1 Å². The molecule has 1 saturated carbocycles. The van der Waals surface area contributed by atoms with Gasteiger partial charge in [0.1, 0.15) is 0 Å². The lowest BCUT2D eigenvalue weighted by atomic mass is 9.76. The lowest BCUT2D eigenvalue weighted by Gasteiger charge is -2.25. The molecule has 1 aliphatic carbocycles. The molecule has 1 saturated heterocycles. The van der Waals surface area contributed by atoms with Crippen LogP contribution in [0.4, 0.5) is 11.4 Å². The number of nitrogens with zero attached hydrogens (tertiary/aromatic N) is 1. The summed E-state index contributed by atoms with van der Waals surface area (Å²) in [4.78, 5) is 51.9. The van der Waals surface area contributed by atoms with E-state index in [0.29, 0.717) is 30.1 Å². The molecule has 2 fully saturated rings. The lowest BCUT2D eigenvalue weighted by Crippen LogP contribution is -2.31. The number of amides is 3. The molecule has 0 radical (unpaired) electrons. The van der Waals surface area contributed by atoms with E-state index in [2.05, 4.69) is 12.2 Å². The first-order valence-electron chi connectivity index (χ1n) is 11.3. The van der Waals surface area contributed by atoms with E-state index in [1.807, 2.05) is 26.0 Å². The third kappa shape index (κ3) is 4.53. The first-order chi connectivity index (χ1) is 15.8. The fourth-order valence-corrected chi connectivity index (χ4v) is 4.70. The number of hydrogen-bond donors (Lipinski definition) is 1. The Morgan fingerprint density at radius 1 is 1.03 bits per heavy atom. The summed E-state index contributed by atoms with van der Waals surface area (Å²) in [5.74, 6) is -1.69. The molecule has 0 aromatic heterocycles. The number of anilines is 2. The number of hydrogen-bond acceptors (Lipinski definition) is 5. The molecule has 3 amide bonds. The van der Waals surface area contributed by atoms with Gasteiger partial charge in [-0.25, -0.2) is 4.79 Å². The third-order valence-electron chi connectivity index (χ3n) is 6.74. The number of imide groups is 1. The van der Waals surface area contributed by atoms with Gasteiger partial charge in [0.15, 0.2) is 6.61 Å². The van der Waals surface area contributed by atoms with Crippen LogP contribution < -0.4 is 10.2 Å². The van der Waals surface area contributed by atoms with Crippen LogP contribution in [0, 0.1) is 31.6 Å². The monoisotopic (exact) mass is 448 g/mol. The minimum Gasteiger partial charge on any atom is -0.452 e. The molecule has 2 aliphatic rings. The van der Waals surface area contributed by atoms with Gasteiger partial charge in [0.05, 0.1) is 23.1 Å². The van der Waals surface area contributed by atoms with Crippen molar-refractivity contribution in [1.82, 2.24) is 0 Å². The van der Waals surface area contributed by atoms with Gasteiger partial charge in [-0.05, 0) is 74.4 Å². The van der Waals surface area contributed by atoms with E-state index in [-0.39, 0.29) is 29.2 Å². The van der Waals surface area contributed by atoms with Gasteiger partial charge < -0.3 is 10.1 Å². The molecule has 0 unspecified atom stereocenters. The number of esters is 1. The first-order valence-corrected chi connectivity index (χ1v) is 11.3. The second kappa shape index (κ2) is 9.17. The smallest absolute Gasteiger partial charge is 0.338 e. The molecule has 4 rings (SSSR count). The fourth-order valence-electron chi connectivity index (χ4n) is 4.70. The number of carbonyl (C=O) groups is 4. The van der Waals surface area contributed by atoms with Crippen molar-refractivity contribution in [1.29, 1.82) is 0 Å². The van der Waals surface area contributed by atoms with Crippen LogP contribution in [0.5, 0.6) is 0 Å². The molecule has 33 heavy (non-hydrogen) atoms. The highest BCUT2D eigenvalue weighted by molar-refractivity contribution is 6.22. The highest BCUT2D eigenvalue weighted by atomic mass is 16.5. The molecule has 2 aromatic carbocycles. The van der Waals surface area contributed by atoms with Crippen molar-refractivity contribution in [3.05, 3.63) is 59.2 Å². The number of benzene rings is 2. The van der Waals surface area contributed by atoms with Crippen LogP contribution in [0.25, 0.3) is 0 Å². The normalized spacial score (nSPS) is 22.2. The molecular weight excluding hydrogens is 420 g/mol. The van der Waals surface area contributed by atoms with Gasteiger partial charge in [0, 0.05) is 5.69 Å². The summed E-state index contributed by atoms with van der Waals surface area (Å²) >= 11 is 0. The standard InChI is InChI=1S/C26H28N2O5/c1-15-10-11-20-21(12-15)25(31)28(24(20)30)19-8-5-7-18(13-19)26(32)33-14-23(29)27-22-9-4-6-16(2)17(22)3/h4-9,13,15,20-21H,10-12,14H2,1-3H3,(H,27,29)/t15-,20+,21+/m0/s1. The van der Waals surface area contributed by atoms with Gasteiger partial charge in [0.25, 0.3) is 5.91 Å². The van der Waals surface area contributed by atoms with E-state index in [1.165, 1.54) is 17.0 Å². The summed E-state index contributed by atoms with van der Waals surface area (Å²) in [5.41, 5.74) is 3.19. The topological polar surface area (TPSA) is 92.8 Å². The van der Waals surface area contributed by atoms with E-state index in [4.69, 9.17) is 4.74 Å². The third-order valence-corrected chi connectivity index (χ3v) is 6.74. The van der Waals surface area contributed by atoms with Crippen molar-refractivity contribution in [2.24, 2.45) is 17.8 Å². The van der Waals surface area contributed by atoms with Crippen LogP contribution in [0.2, 0.25) is 0 Å². The second-order valence-electron chi connectivity index (χ2n) is 9.07. The Balaban J connectivity index is 1.42. The second-order valence-corrected chi connectivity index (χ2v) is 9.07.